The highest BCUT2D eigenvalue weighted by Gasteiger charge is 2.46. The van der Waals surface area contributed by atoms with E-state index in [1.54, 1.807) is 13.8 Å². The lowest BCUT2D eigenvalue weighted by Gasteiger charge is -2.27. The maximum Gasteiger partial charge on any atom is 0.311 e. The number of aromatic nitrogens is 1. The molecule has 116 valence electrons. The van der Waals surface area contributed by atoms with Gasteiger partial charge in [0.25, 0.3) is 5.91 Å². The van der Waals surface area contributed by atoms with Crippen molar-refractivity contribution in [2.45, 2.75) is 58.9 Å². The summed E-state index contributed by atoms with van der Waals surface area (Å²) < 4.78 is 5.21. The molecule has 6 heteroatoms. The molecule has 1 saturated carbocycles. The minimum atomic E-state index is -0.904. The average molecular weight is 294 g/mol. The van der Waals surface area contributed by atoms with Gasteiger partial charge in [0.1, 0.15) is 5.56 Å². The number of hydrogen-bond donors (Lipinski definition) is 2. The van der Waals surface area contributed by atoms with Crippen LogP contribution in [0.5, 0.6) is 0 Å². The van der Waals surface area contributed by atoms with Crippen LogP contribution < -0.4 is 5.32 Å². The molecule has 2 N–H and O–H groups in total. The summed E-state index contributed by atoms with van der Waals surface area (Å²) in [4.78, 5) is 24.0. The monoisotopic (exact) mass is 294 g/mol. The van der Waals surface area contributed by atoms with E-state index >= 15 is 0 Å². The third-order valence-corrected chi connectivity index (χ3v) is 4.39. The normalized spacial score (nSPS) is 25.3. The Morgan fingerprint density at radius 1 is 1.48 bits per heavy atom. The molecule has 0 saturated heterocycles. The van der Waals surface area contributed by atoms with Crippen molar-refractivity contribution >= 4 is 11.9 Å². The average Bonchev–Trinajstić information content (AvgIpc) is 2.94. The first-order chi connectivity index (χ1) is 9.77. The molecule has 0 aliphatic heterocycles. The molecule has 21 heavy (non-hydrogen) atoms. The standard InChI is InChI=1S/C15H22N2O4/c1-8(2)12-11(9(3)17-21-12)13(18)16-10-6-5-7-15(10,4)14(19)20/h8,10H,5-7H2,1-4H3,(H,16,18)(H,19,20). The fourth-order valence-electron chi connectivity index (χ4n) is 2.94. The smallest absolute Gasteiger partial charge is 0.311 e. The van der Waals surface area contributed by atoms with Crippen molar-refractivity contribution in [3.63, 3.8) is 0 Å². The first kappa shape index (κ1) is 15.5. The lowest BCUT2D eigenvalue weighted by molar-refractivity contribution is -0.148. The fourth-order valence-corrected chi connectivity index (χ4v) is 2.94. The molecule has 0 radical (unpaired) electrons. The van der Waals surface area contributed by atoms with Crippen molar-refractivity contribution in [3.8, 4) is 0 Å². The van der Waals surface area contributed by atoms with Crippen LogP contribution in [0.25, 0.3) is 0 Å². The first-order valence-corrected chi connectivity index (χ1v) is 7.27. The maximum absolute atomic E-state index is 12.5. The van der Waals surface area contributed by atoms with Gasteiger partial charge in [-0.05, 0) is 26.7 Å². The summed E-state index contributed by atoms with van der Waals surface area (Å²) in [5.74, 6) is -0.574. The number of aliphatic carboxylic acids is 1. The van der Waals surface area contributed by atoms with E-state index in [1.165, 1.54) is 0 Å². The molecule has 0 bridgehead atoms. The summed E-state index contributed by atoms with van der Waals surface area (Å²) in [5.41, 5.74) is 0.0643. The second-order valence-electron chi connectivity index (χ2n) is 6.30. The Morgan fingerprint density at radius 2 is 2.14 bits per heavy atom. The highest BCUT2D eigenvalue weighted by molar-refractivity contribution is 5.97. The van der Waals surface area contributed by atoms with E-state index in [0.717, 1.165) is 6.42 Å². The Balaban J connectivity index is 2.23. The van der Waals surface area contributed by atoms with Gasteiger partial charge in [0, 0.05) is 12.0 Å². The molecule has 2 rings (SSSR count). The summed E-state index contributed by atoms with van der Waals surface area (Å²) in [6.45, 7) is 7.26. The molecule has 1 amide bonds. The molecule has 1 aromatic heterocycles. The lowest BCUT2D eigenvalue weighted by Crippen LogP contribution is -2.47. The highest BCUT2D eigenvalue weighted by atomic mass is 16.5. The van der Waals surface area contributed by atoms with Crippen molar-refractivity contribution in [1.29, 1.82) is 0 Å². The number of carboxylic acids is 1. The van der Waals surface area contributed by atoms with E-state index in [1.807, 2.05) is 13.8 Å². The molecule has 2 atom stereocenters. The van der Waals surface area contributed by atoms with Gasteiger partial charge in [-0.1, -0.05) is 25.4 Å². The van der Waals surface area contributed by atoms with Crippen molar-refractivity contribution < 1.29 is 19.2 Å². The lowest BCUT2D eigenvalue weighted by atomic mass is 9.84. The van der Waals surface area contributed by atoms with Crippen LogP contribution in [0.2, 0.25) is 0 Å². The van der Waals surface area contributed by atoms with E-state index in [0.29, 0.717) is 29.9 Å². The number of hydrogen-bond acceptors (Lipinski definition) is 4. The van der Waals surface area contributed by atoms with Gasteiger partial charge in [-0.2, -0.15) is 0 Å². The summed E-state index contributed by atoms with van der Waals surface area (Å²) in [6, 6.07) is -0.364. The number of nitrogens with one attached hydrogen (secondary N) is 1. The summed E-state index contributed by atoms with van der Waals surface area (Å²) in [5, 5.41) is 16.1. The topological polar surface area (TPSA) is 92.4 Å². The molecule has 0 spiro atoms. The fraction of sp³-hybridized carbons (Fsp3) is 0.667. The number of nitrogens with zero attached hydrogens (tertiary/aromatic N) is 1. The molecule has 1 heterocycles. The van der Waals surface area contributed by atoms with Gasteiger partial charge in [0.2, 0.25) is 0 Å². The molecule has 1 aromatic rings. The van der Waals surface area contributed by atoms with E-state index in [-0.39, 0.29) is 17.9 Å². The number of carbonyl (C=O) groups excluding carboxylic acids is 1. The van der Waals surface area contributed by atoms with Gasteiger partial charge in [0.15, 0.2) is 5.76 Å². The summed E-state index contributed by atoms with van der Waals surface area (Å²) in [7, 11) is 0. The number of carboxylic acid groups (broad SMARTS) is 1. The zero-order valence-corrected chi connectivity index (χ0v) is 12.9. The molecule has 1 fully saturated rings. The molecule has 6 nitrogen and oxygen atoms in total. The maximum atomic E-state index is 12.5. The van der Waals surface area contributed by atoms with Crippen LogP contribution in [0.3, 0.4) is 0 Å². The molecular formula is C15H22N2O4. The molecule has 1 aliphatic rings. The van der Waals surface area contributed by atoms with Crippen molar-refractivity contribution in [3.05, 3.63) is 17.0 Å². The molecule has 0 aromatic carbocycles. The third kappa shape index (κ3) is 2.66. The minimum Gasteiger partial charge on any atom is -0.481 e. The van der Waals surface area contributed by atoms with Crippen LogP contribution >= 0.6 is 0 Å². The van der Waals surface area contributed by atoms with E-state index in [9.17, 15) is 14.7 Å². The number of aryl methyl sites for hydroxylation is 1. The van der Waals surface area contributed by atoms with E-state index < -0.39 is 11.4 Å². The van der Waals surface area contributed by atoms with E-state index in [2.05, 4.69) is 10.5 Å². The van der Waals surface area contributed by atoms with Crippen LogP contribution in [-0.2, 0) is 4.79 Å². The van der Waals surface area contributed by atoms with Gasteiger partial charge >= 0.3 is 5.97 Å². The summed E-state index contributed by atoms with van der Waals surface area (Å²) >= 11 is 0. The zero-order chi connectivity index (χ0) is 15.8. The number of amides is 1. The van der Waals surface area contributed by atoms with Crippen LogP contribution in [0.15, 0.2) is 4.52 Å². The van der Waals surface area contributed by atoms with Gasteiger partial charge in [-0.15, -0.1) is 0 Å². The van der Waals surface area contributed by atoms with Gasteiger partial charge in [-0.25, -0.2) is 0 Å². The van der Waals surface area contributed by atoms with Crippen LogP contribution in [0.1, 0.15) is 67.8 Å². The third-order valence-electron chi connectivity index (χ3n) is 4.39. The molecule has 2 unspecified atom stereocenters. The predicted octanol–water partition coefficient (Wildman–Crippen LogP) is 2.48. The van der Waals surface area contributed by atoms with Gasteiger partial charge in [0.05, 0.1) is 11.1 Å². The largest absolute Gasteiger partial charge is 0.481 e. The van der Waals surface area contributed by atoms with Gasteiger partial charge < -0.3 is 14.9 Å². The van der Waals surface area contributed by atoms with Crippen LogP contribution in [0, 0.1) is 12.3 Å². The zero-order valence-electron chi connectivity index (χ0n) is 12.9. The molecular weight excluding hydrogens is 272 g/mol. The Morgan fingerprint density at radius 3 is 2.71 bits per heavy atom. The van der Waals surface area contributed by atoms with Crippen molar-refractivity contribution in [2.75, 3.05) is 0 Å². The molecule has 1 aliphatic carbocycles. The predicted molar refractivity (Wildman–Crippen MR) is 76.2 cm³/mol. The SMILES string of the molecule is Cc1noc(C(C)C)c1C(=O)NC1CCCC1(C)C(=O)O. The summed E-state index contributed by atoms with van der Waals surface area (Å²) in [6.07, 6.45) is 2.05. The number of carbonyl (C=O) groups is 2. The van der Waals surface area contributed by atoms with Crippen LogP contribution in [-0.4, -0.2) is 28.2 Å². The Kier molecular flexibility index (Phi) is 4.07. The first-order valence-electron chi connectivity index (χ1n) is 7.27. The van der Waals surface area contributed by atoms with Crippen molar-refractivity contribution in [2.24, 2.45) is 5.41 Å². The Hall–Kier alpha value is -1.85. The van der Waals surface area contributed by atoms with E-state index in [4.69, 9.17) is 4.52 Å². The second-order valence-corrected chi connectivity index (χ2v) is 6.30. The Labute approximate surface area is 123 Å². The second kappa shape index (κ2) is 5.50. The Bertz CT molecular complexity index is 564. The highest BCUT2D eigenvalue weighted by Crippen LogP contribution is 2.38. The van der Waals surface area contributed by atoms with Gasteiger partial charge in [-0.3, -0.25) is 9.59 Å². The minimum absolute atomic E-state index is 0.0429. The number of rotatable bonds is 4. The van der Waals surface area contributed by atoms with Crippen LogP contribution in [0.4, 0.5) is 0 Å². The quantitative estimate of drug-likeness (QED) is 0.890. The van der Waals surface area contributed by atoms with Crippen molar-refractivity contribution in [1.82, 2.24) is 10.5 Å².